The van der Waals surface area contributed by atoms with E-state index in [2.05, 4.69) is 5.32 Å². The van der Waals surface area contributed by atoms with Crippen LogP contribution in [-0.2, 0) is 6.54 Å². The van der Waals surface area contributed by atoms with E-state index in [-0.39, 0.29) is 11.4 Å². The molecular formula is C16H18N2O3. The highest BCUT2D eigenvalue weighted by atomic mass is 16.6. The molecule has 2 aromatic carbocycles. The predicted octanol–water partition coefficient (Wildman–Crippen LogP) is 3.81. The minimum absolute atomic E-state index is 0.00996. The topological polar surface area (TPSA) is 64.4 Å². The second-order valence-electron chi connectivity index (χ2n) is 4.67. The van der Waals surface area contributed by atoms with Gasteiger partial charge in [-0.25, -0.2) is 0 Å². The van der Waals surface area contributed by atoms with Crippen LogP contribution in [0.4, 0.5) is 5.69 Å². The highest BCUT2D eigenvalue weighted by Crippen LogP contribution is 2.35. The highest BCUT2D eigenvalue weighted by molar-refractivity contribution is 5.54. The van der Waals surface area contributed by atoms with Gasteiger partial charge in [-0.3, -0.25) is 10.1 Å². The van der Waals surface area contributed by atoms with Gasteiger partial charge in [0.2, 0.25) is 5.75 Å². The molecule has 110 valence electrons. The van der Waals surface area contributed by atoms with Crippen LogP contribution in [0.25, 0.3) is 0 Å². The van der Waals surface area contributed by atoms with Gasteiger partial charge in [0.05, 0.1) is 4.92 Å². The van der Waals surface area contributed by atoms with E-state index in [1.54, 1.807) is 25.1 Å². The van der Waals surface area contributed by atoms with Gasteiger partial charge in [0, 0.05) is 17.7 Å². The lowest BCUT2D eigenvalue weighted by Crippen LogP contribution is -2.12. The van der Waals surface area contributed by atoms with Crippen LogP contribution in [0, 0.1) is 17.0 Å². The van der Waals surface area contributed by atoms with Crippen molar-refractivity contribution in [3.63, 3.8) is 0 Å². The summed E-state index contributed by atoms with van der Waals surface area (Å²) in [4.78, 5) is 10.8. The quantitative estimate of drug-likeness (QED) is 0.648. The molecule has 0 fully saturated rings. The van der Waals surface area contributed by atoms with Crippen LogP contribution < -0.4 is 10.1 Å². The van der Waals surface area contributed by atoms with E-state index in [1.165, 1.54) is 0 Å². The molecule has 0 aliphatic carbocycles. The van der Waals surface area contributed by atoms with E-state index in [4.69, 9.17) is 4.74 Å². The van der Waals surface area contributed by atoms with Crippen LogP contribution in [0.15, 0.2) is 42.5 Å². The van der Waals surface area contributed by atoms with Crippen LogP contribution in [-0.4, -0.2) is 11.5 Å². The first-order chi connectivity index (χ1) is 10.1. The fourth-order valence-corrected chi connectivity index (χ4v) is 2.08. The van der Waals surface area contributed by atoms with Crippen LogP contribution in [0.2, 0.25) is 0 Å². The Kier molecular flexibility index (Phi) is 4.90. The van der Waals surface area contributed by atoms with Gasteiger partial charge in [-0.2, -0.15) is 0 Å². The number of nitrogens with one attached hydrogen (secondary N) is 1. The third-order valence-corrected chi connectivity index (χ3v) is 3.14. The average Bonchev–Trinajstić information content (AvgIpc) is 2.46. The Morgan fingerprint density at radius 2 is 1.86 bits per heavy atom. The van der Waals surface area contributed by atoms with Crippen molar-refractivity contribution in [1.29, 1.82) is 0 Å². The molecule has 2 rings (SSSR count). The molecule has 5 nitrogen and oxygen atoms in total. The third-order valence-electron chi connectivity index (χ3n) is 3.14. The van der Waals surface area contributed by atoms with E-state index >= 15 is 0 Å². The molecule has 0 spiro atoms. The van der Waals surface area contributed by atoms with Gasteiger partial charge in [0.25, 0.3) is 0 Å². The van der Waals surface area contributed by atoms with Gasteiger partial charge < -0.3 is 10.1 Å². The molecule has 0 aliphatic rings. The molecule has 0 aliphatic heterocycles. The minimum Gasteiger partial charge on any atom is -0.450 e. The zero-order chi connectivity index (χ0) is 15.2. The summed E-state index contributed by atoms with van der Waals surface area (Å²) in [7, 11) is 0. The zero-order valence-electron chi connectivity index (χ0n) is 12.1. The van der Waals surface area contributed by atoms with Crippen molar-refractivity contribution in [2.24, 2.45) is 0 Å². The molecule has 2 aromatic rings. The highest BCUT2D eigenvalue weighted by Gasteiger charge is 2.19. The van der Waals surface area contributed by atoms with E-state index in [9.17, 15) is 10.1 Å². The minimum atomic E-state index is -0.405. The standard InChI is InChI=1S/C16H18N2O3/c1-3-17-11-13-8-4-5-9-14(13)21-15-10-6-7-12(2)16(15)18(19)20/h4-10,17H,3,11H2,1-2H3. The summed E-state index contributed by atoms with van der Waals surface area (Å²) in [6.45, 7) is 5.23. The Balaban J connectivity index is 2.35. The maximum absolute atomic E-state index is 11.2. The molecule has 0 atom stereocenters. The summed E-state index contributed by atoms with van der Waals surface area (Å²) < 4.78 is 5.80. The number of hydrogen-bond acceptors (Lipinski definition) is 4. The number of benzene rings is 2. The van der Waals surface area contributed by atoms with E-state index in [0.29, 0.717) is 17.9 Å². The molecule has 0 saturated carbocycles. The predicted molar refractivity (Wildman–Crippen MR) is 81.7 cm³/mol. The maximum Gasteiger partial charge on any atom is 0.314 e. The molecule has 5 heteroatoms. The fraction of sp³-hybridized carbons (Fsp3) is 0.250. The van der Waals surface area contributed by atoms with E-state index < -0.39 is 4.92 Å². The van der Waals surface area contributed by atoms with Crippen LogP contribution in [0.1, 0.15) is 18.1 Å². The van der Waals surface area contributed by atoms with Crippen molar-refractivity contribution in [2.75, 3.05) is 6.54 Å². The van der Waals surface area contributed by atoms with E-state index in [1.807, 2.05) is 31.2 Å². The van der Waals surface area contributed by atoms with E-state index in [0.717, 1.165) is 12.1 Å². The van der Waals surface area contributed by atoms with Crippen molar-refractivity contribution < 1.29 is 9.66 Å². The van der Waals surface area contributed by atoms with Gasteiger partial charge in [-0.1, -0.05) is 37.3 Å². The molecule has 0 aromatic heterocycles. The number of nitrogens with zero attached hydrogens (tertiary/aromatic N) is 1. The molecule has 0 radical (unpaired) electrons. The van der Waals surface area contributed by atoms with Crippen LogP contribution in [0.3, 0.4) is 0 Å². The smallest absolute Gasteiger partial charge is 0.314 e. The van der Waals surface area contributed by atoms with Crippen molar-refractivity contribution in [3.05, 3.63) is 63.7 Å². The summed E-state index contributed by atoms with van der Waals surface area (Å²) in [6, 6.07) is 12.6. The first-order valence-electron chi connectivity index (χ1n) is 6.84. The Bertz CT molecular complexity index is 641. The summed E-state index contributed by atoms with van der Waals surface area (Å²) in [5.41, 5.74) is 1.56. The normalized spacial score (nSPS) is 10.4. The Morgan fingerprint density at radius 1 is 1.14 bits per heavy atom. The fourth-order valence-electron chi connectivity index (χ4n) is 2.08. The number of para-hydroxylation sites is 2. The van der Waals surface area contributed by atoms with Gasteiger partial charge >= 0.3 is 5.69 Å². The van der Waals surface area contributed by atoms with Crippen molar-refractivity contribution in [3.8, 4) is 11.5 Å². The molecule has 21 heavy (non-hydrogen) atoms. The Morgan fingerprint density at radius 3 is 2.57 bits per heavy atom. The molecule has 0 heterocycles. The third kappa shape index (κ3) is 3.58. The second kappa shape index (κ2) is 6.85. The Hall–Kier alpha value is -2.40. The van der Waals surface area contributed by atoms with Gasteiger partial charge in [-0.05, 0) is 25.6 Å². The van der Waals surface area contributed by atoms with Gasteiger partial charge in [-0.15, -0.1) is 0 Å². The largest absolute Gasteiger partial charge is 0.450 e. The maximum atomic E-state index is 11.2. The summed E-state index contributed by atoms with van der Waals surface area (Å²) >= 11 is 0. The average molecular weight is 286 g/mol. The lowest BCUT2D eigenvalue weighted by atomic mass is 10.1. The van der Waals surface area contributed by atoms with Crippen molar-refractivity contribution >= 4 is 5.69 Å². The SMILES string of the molecule is CCNCc1ccccc1Oc1cccc(C)c1[N+](=O)[O-]. The van der Waals surface area contributed by atoms with Gasteiger partial charge in [0.15, 0.2) is 0 Å². The molecule has 0 bridgehead atoms. The first-order valence-corrected chi connectivity index (χ1v) is 6.84. The lowest BCUT2D eigenvalue weighted by molar-refractivity contribution is -0.386. The number of rotatable bonds is 6. The first kappa shape index (κ1) is 15.0. The number of hydrogen-bond donors (Lipinski definition) is 1. The monoisotopic (exact) mass is 286 g/mol. The van der Waals surface area contributed by atoms with Crippen molar-refractivity contribution in [2.45, 2.75) is 20.4 Å². The lowest BCUT2D eigenvalue weighted by Gasteiger charge is -2.12. The Labute approximate surface area is 123 Å². The molecule has 0 unspecified atom stereocenters. The molecular weight excluding hydrogens is 268 g/mol. The molecule has 0 amide bonds. The molecule has 0 saturated heterocycles. The summed E-state index contributed by atoms with van der Waals surface area (Å²) in [6.07, 6.45) is 0. The number of ether oxygens (including phenoxy) is 1. The summed E-state index contributed by atoms with van der Waals surface area (Å²) in [5.74, 6) is 0.899. The van der Waals surface area contributed by atoms with Crippen molar-refractivity contribution in [1.82, 2.24) is 5.32 Å². The van der Waals surface area contributed by atoms with Crippen LogP contribution in [0.5, 0.6) is 11.5 Å². The summed E-state index contributed by atoms with van der Waals surface area (Å²) in [5, 5.41) is 14.4. The zero-order valence-corrected chi connectivity index (χ0v) is 12.1. The second-order valence-corrected chi connectivity index (χ2v) is 4.67. The van der Waals surface area contributed by atoms with Crippen LogP contribution >= 0.6 is 0 Å². The number of nitro groups is 1. The number of aryl methyl sites for hydroxylation is 1. The van der Waals surface area contributed by atoms with Gasteiger partial charge in [0.1, 0.15) is 5.75 Å². The molecule has 1 N–H and O–H groups in total. The number of nitro benzene ring substituents is 1.